The minimum absolute atomic E-state index is 0.137. The molecule has 0 atom stereocenters. The first kappa shape index (κ1) is 52.0. The molecule has 0 aliphatic carbocycles. The van der Waals surface area contributed by atoms with Crippen molar-refractivity contribution in [1.82, 2.24) is 29.6 Å². The summed E-state index contributed by atoms with van der Waals surface area (Å²) in [6, 6.07) is 12.3. The maximum absolute atomic E-state index is 12.5. The third-order valence-corrected chi connectivity index (χ3v) is 9.76. The van der Waals surface area contributed by atoms with E-state index < -0.39 is 0 Å². The SMILES string of the molecule is CCOCCC(=O)N1CCc2cc(Cn3nc(-c4ccc5oc(N)nc5c4)c4c(C)ncnc43)ccc2C1.CCOCCOCCOCCN.CCOCCOCCOCCOCC. The van der Waals surface area contributed by atoms with E-state index in [1.54, 1.807) is 6.33 Å². The molecule has 0 unspecified atom stereocenters. The minimum atomic E-state index is 0.137. The Kier molecular flexibility index (Phi) is 24.8. The Morgan fingerprint density at radius 3 is 1.92 bits per heavy atom. The van der Waals surface area contributed by atoms with Crippen molar-refractivity contribution in [2.45, 2.75) is 60.5 Å². The molecule has 5 aromatic rings. The fourth-order valence-corrected chi connectivity index (χ4v) is 6.62. The molecule has 354 valence electrons. The number of amides is 1. The first-order chi connectivity index (χ1) is 31.3. The summed E-state index contributed by atoms with van der Waals surface area (Å²) in [6.45, 7) is 22.6. The third-order valence-electron chi connectivity index (χ3n) is 9.76. The van der Waals surface area contributed by atoms with E-state index in [9.17, 15) is 4.79 Å². The van der Waals surface area contributed by atoms with Gasteiger partial charge in [-0.2, -0.15) is 10.1 Å². The number of hydrogen-bond donors (Lipinski definition) is 2. The van der Waals surface area contributed by atoms with Crippen molar-refractivity contribution in [2.24, 2.45) is 5.73 Å². The first-order valence-corrected chi connectivity index (χ1v) is 22.4. The zero-order valence-electron chi connectivity index (χ0n) is 38.5. The van der Waals surface area contributed by atoms with Crippen molar-refractivity contribution < 1.29 is 47.1 Å². The second kappa shape index (κ2) is 30.5. The van der Waals surface area contributed by atoms with E-state index in [2.05, 4.69) is 33.2 Å². The number of carbonyl (C=O) groups is 1. The van der Waals surface area contributed by atoms with Gasteiger partial charge in [-0.15, -0.1) is 0 Å². The summed E-state index contributed by atoms with van der Waals surface area (Å²) in [5.74, 6) is 0.144. The van der Waals surface area contributed by atoms with Crippen molar-refractivity contribution in [3.63, 3.8) is 0 Å². The highest BCUT2D eigenvalue weighted by Crippen LogP contribution is 2.32. The van der Waals surface area contributed by atoms with Gasteiger partial charge < -0.3 is 58.7 Å². The predicted octanol–water partition coefficient (Wildman–Crippen LogP) is 4.99. The number of benzene rings is 2. The second-order valence-electron chi connectivity index (χ2n) is 14.3. The van der Waals surface area contributed by atoms with E-state index in [4.69, 9.17) is 58.9 Å². The quantitative estimate of drug-likeness (QED) is 0.0664. The van der Waals surface area contributed by atoms with Gasteiger partial charge in [-0.25, -0.2) is 14.6 Å². The number of rotatable bonds is 27. The molecule has 2 aromatic carbocycles. The van der Waals surface area contributed by atoms with Crippen LogP contribution in [0.4, 0.5) is 6.01 Å². The molecule has 3 aromatic heterocycles. The normalized spacial score (nSPS) is 12.2. The lowest BCUT2D eigenvalue weighted by Gasteiger charge is -2.29. The van der Waals surface area contributed by atoms with Crippen LogP contribution in [0, 0.1) is 6.92 Å². The first-order valence-electron chi connectivity index (χ1n) is 22.4. The molecule has 0 bridgehead atoms. The van der Waals surface area contributed by atoms with Gasteiger partial charge >= 0.3 is 0 Å². The highest BCUT2D eigenvalue weighted by atomic mass is 16.6. The van der Waals surface area contributed by atoms with Gasteiger partial charge in [0.15, 0.2) is 11.2 Å². The van der Waals surface area contributed by atoms with E-state index in [0.29, 0.717) is 123 Å². The number of fused-ring (bicyclic) bond motifs is 3. The van der Waals surface area contributed by atoms with Crippen molar-refractivity contribution in [2.75, 3.05) is 125 Å². The van der Waals surface area contributed by atoms with E-state index in [1.165, 1.54) is 11.1 Å². The van der Waals surface area contributed by atoms with E-state index in [-0.39, 0.29) is 11.9 Å². The molecule has 4 heterocycles. The molecular weight excluding hydrogens is 825 g/mol. The van der Waals surface area contributed by atoms with Crippen LogP contribution in [0.25, 0.3) is 33.4 Å². The molecule has 18 heteroatoms. The number of aromatic nitrogens is 5. The number of carbonyl (C=O) groups excluding carboxylic acids is 1. The molecule has 0 fully saturated rings. The summed E-state index contributed by atoms with van der Waals surface area (Å²) in [6.07, 6.45) is 2.83. The summed E-state index contributed by atoms with van der Waals surface area (Å²) in [5, 5.41) is 5.88. The monoisotopic (exact) mass is 895 g/mol. The van der Waals surface area contributed by atoms with Crippen molar-refractivity contribution in [1.29, 1.82) is 0 Å². The number of oxazole rings is 1. The van der Waals surface area contributed by atoms with Crippen LogP contribution in [-0.2, 0) is 62.2 Å². The number of ether oxygens (including phenoxy) is 8. The Morgan fingerprint density at radius 1 is 0.719 bits per heavy atom. The number of aryl methyl sites for hydroxylation is 1. The smallest absolute Gasteiger partial charge is 0.292 e. The van der Waals surface area contributed by atoms with Gasteiger partial charge in [-0.1, -0.05) is 18.2 Å². The second-order valence-corrected chi connectivity index (χ2v) is 14.3. The molecule has 0 spiro atoms. The molecule has 4 N–H and O–H groups in total. The Hall–Kier alpha value is -4.63. The highest BCUT2D eigenvalue weighted by Gasteiger charge is 2.22. The van der Waals surface area contributed by atoms with Crippen LogP contribution < -0.4 is 11.5 Å². The molecule has 18 nitrogen and oxygen atoms in total. The molecule has 0 saturated heterocycles. The van der Waals surface area contributed by atoms with Gasteiger partial charge in [0.2, 0.25) is 5.91 Å². The Labute approximate surface area is 377 Å². The lowest BCUT2D eigenvalue weighted by molar-refractivity contribution is -0.133. The topological polar surface area (TPSA) is 216 Å². The molecule has 0 radical (unpaired) electrons. The van der Waals surface area contributed by atoms with Crippen LogP contribution in [0.1, 0.15) is 56.5 Å². The number of hydrogen-bond acceptors (Lipinski definition) is 16. The Bertz CT molecular complexity index is 2040. The van der Waals surface area contributed by atoms with E-state index >= 15 is 0 Å². The van der Waals surface area contributed by atoms with Crippen LogP contribution in [0.5, 0.6) is 0 Å². The Morgan fingerprint density at radius 2 is 1.31 bits per heavy atom. The molecule has 64 heavy (non-hydrogen) atoms. The maximum atomic E-state index is 12.5. The lowest BCUT2D eigenvalue weighted by atomic mass is 9.97. The number of nitrogen functional groups attached to an aromatic ring is 1. The van der Waals surface area contributed by atoms with Crippen LogP contribution in [-0.4, -0.2) is 154 Å². The molecule has 0 saturated carbocycles. The van der Waals surface area contributed by atoms with E-state index in [1.807, 2.05) is 62.4 Å². The van der Waals surface area contributed by atoms with E-state index in [0.717, 1.165) is 66.3 Å². The average Bonchev–Trinajstić information content (AvgIpc) is 3.87. The summed E-state index contributed by atoms with van der Waals surface area (Å²) < 4.78 is 48.8. The lowest BCUT2D eigenvalue weighted by Crippen LogP contribution is -2.36. The van der Waals surface area contributed by atoms with Crippen molar-refractivity contribution in [3.05, 3.63) is 65.1 Å². The largest absolute Gasteiger partial charge is 0.424 e. The molecule has 1 aliphatic rings. The van der Waals surface area contributed by atoms with Gasteiger partial charge in [-0.05, 0) is 75.9 Å². The van der Waals surface area contributed by atoms with Gasteiger partial charge in [-0.3, -0.25) is 4.79 Å². The summed E-state index contributed by atoms with van der Waals surface area (Å²) in [7, 11) is 0. The van der Waals surface area contributed by atoms with Crippen molar-refractivity contribution in [3.8, 4) is 11.3 Å². The van der Waals surface area contributed by atoms with Crippen LogP contribution >= 0.6 is 0 Å². The minimum Gasteiger partial charge on any atom is -0.424 e. The fraction of sp³-hybridized carbons (Fsp3) is 0.587. The van der Waals surface area contributed by atoms with Crippen LogP contribution in [0.3, 0.4) is 0 Å². The van der Waals surface area contributed by atoms with Gasteiger partial charge in [0.05, 0.1) is 103 Å². The molecule has 1 amide bonds. The average molecular weight is 895 g/mol. The summed E-state index contributed by atoms with van der Waals surface area (Å²) in [5.41, 5.74) is 19.2. The summed E-state index contributed by atoms with van der Waals surface area (Å²) in [4.78, 5) is 27.7. The van der Waals surface area contributed by atoms with Crippen molar-refractivity contribution >= 4 is 34.1 Å². The molecular formula is C46H70N8O10. The fourth-order valence-electron chi connectivity index (χ4n) is 6.62. The zero-order valence-corrected chi connectivity index (χ0v) is 38.5. The zero-order chi connectivity index (χ0) is 45.8. The van der Waals surface area contributed by atoms with Crippen LogP contribution in [0.2, 0.25) is 0 Å². The third kappa shape index (κ3) is 17.7. The number of nitrogens with two attached hydrogens (primary N) is 2. The van der Waals surface area contributed by atoms with Gasteiger partial charge in [0, 0.05) is 51.6 Å². The van der Waals surface area contributed by atoms with Gasteiger partial charge in [0.1, 0.15) is 17.5 Å². The molecule has 1 aliphatic heterocycles. The van der Waals surface area contributed by atoms with Gasteiger partial charge in [0.25, 0.3) is 6.01 Å². The predicted molar refractivity (Wildman–Crippen MR) is 245 cm³/mol. The maximum Gasteiger partial charge on any atom is 0.292 e. The standard InChI is InChI=1S/C28H29N7O3.C10H22O4.C8H19NO3/c1-3-37-11-9-24(36)34-10-8-19-12-18(4-5-21(19)15-34)14-35-27-25(17(2)30-16-31-27)26(33-35)20-6-7-23-22(13-20)32-28(29)38-23;1-3-11-5-7-13-9-10-14-8-6-12-4-2;1-2-10-5-6-12-8-7-11-4-3-9/h4-7,12-13,16H,3,8-11,14-15H2,1-2H3,(H2,29,32);3-10H2,1-2H3;2-9H2,1H3. The van der Waals surface area contributed by atoms with Crippen LogP contribution in [0.15, 0.2) is 47.1 Å². The molecule has 6 rings (SSSR count). The summed E-state index contributed by atoms with van der Waals surface area (Å²) >= 11 is 0. The number of nitrogens with zero attached hydrogens (tertiary/aromatic N) is 6. The highest BCUT2D eigenvalue weighted by molar-refractivity contribution is 5.95. The Balaban J connectivity index is 0.000000285. The number of anilines is 1.